The predicted octanol–water partition coefficient (Wildman–Crippen LogP) is 5.30. The first-order valence-corrected chi connectivity index (χ1v) is 9.49. The zero-order valence-corrected chi connectivity index (χ0v) is 15.1. The number of nitrogens with zero attached hydrogens (tertiary/aromatic N) is 2. The van der Waals surface area contributed by atoms with Crippen LogP contribution < -0.4 is 4.74 Å². The molecule has 130 valence electrons. The van der Waals surface area contributed by atoms with Crippen LogP contribution in [0.3, 0.4) is 0 Å². The van der Waals surface area contributed by atoms with Gasteiger partial charge in [-0.05, 0) is 37.7 Å². The quantitative estimate of drug-likeness (QED) is 0.690. The van der Waals surface area contributed by atoms with E-state index in [0.717, 1.165) is 36.9 Å². The van der Waals surface area contributed by atoms with Gasteiger partial charge in [-0.3, -0.25) is 0 Å². The fraction of sp³-hybridized carbons (Fsp3) is 0.571. The maximum Gasteiger partial charge on any atom is 0.212 e. The zero-order valence-electron chi connectivity index (χ0n) is 15.1. The van der Waals surface area contributed by atoms with Crippen molar-refractivity contribution in [3.05, 3.63) is 47.2 Å². The van der Waals surface area contributed by atoms with Gasteiger partial charge in [-0.15, -0.1) is 0 Å². The molecule has 0 radical (unpaired) electrons. The highest BCUT2D eigenvalue weighted by Crippen LogP contribution is 2.27. The Morgan fingerprint density at radius 2 is 2.00 bits per heavy atom. The first kappa shape index (κ1) is 17.1. The summed E-state index contributed by atoms with van der Waals surface area (Å²) in [7, 11) is 0. The van der Waals surface area contributed by atoms with Gasteiger partial charge in [0, 0.05) is 12.6 Å². The molecule has 0 unspecified atom stereocenters. The van der Waals surface area contributed by atoms with Crippen LogP contribution in [0.5, 0.6) is 5.88 Å². The molecule has 0 atom stereocenters. The van der Waals surface area contributed by atoms with Gasteiger partial charge in [0.2, 0.25) is 5.88 Å². The molecule has 0 bridgehead atoms. The second-order valence-electron chi connectivity index (χ2n) is 7.19. The molecule has 1 saturated carbocycles. The predicted molar refractivity (Wildman–Crippen MR) is 98.3 cm³/mol. The second kappa shape index (κ2) is 8.36. The van der Waals surface area contributed by atoms with Gasteiger partial charge in [-0.2, -0.15) is 5.10 Å². The van der Waals surface area contributed by atoms with Gasteiger partial charge in [0.1, 0.15) is 6.61 Å². The molecule has 3 nitrogen and oxygen atoms in total. The standard InChI is InChI=1S/C21H30N2O/c1-3-8-20-14-21(24-16-19-12-7-9-17(2)13-19)23(22-20)15-18-10-5-4-6-11-18/h7,9,12-14,18H,3-6,8,10-11,15-16H2,1-2H3. The molecule has 1 aliphatic rings. The lowest BCUT2D eigenvalue weighted by atomic mass is 9.89. The Labute approximate surface area is 146 Å². The molecule has 0 aliphatic heterocycles. The zero-order chi connectivity index (χ0) is 16.8. The van der Waals surface area contributed by atoms with Crippen molar-refractivity contribution >= 4 is 0 Å². The molecule has 3 heteroatoms. The van der Waals surface area contributed by atoms with E-state index in [2.05, 4.69) is 48.9 Å². The van der Waals surface area contributed by atoms with Gasteiger partial charge in [0.05, 0.1) is 5.69 Å². The van der Waals surface area contributed by atoms with Crippen molar-refractivity contribution in [1.29, 1.82) is 0 Å². The normalized spacial score (nSPS) is 15.6. The Morgan fingerprint density at radius 1 is 1.17 bits per heavy atom. The summed E-state index contributed by atoms with van der Waals surface area (Å²) in [5.74, 6) is 1.69. The Morgan fingerprint density at radius 3 is 2.75 bits per heavy atom. The minimum absolute atomic E-state index is 0.615. The summed E-state index contributed by atoms with van der Waals surface area (Å²) in [4.78, 5) is 0. The van der Waals surface area contributed by atoms with Crippen LogP contribution in [0.15, 0.2) is 30.3 Å². The fourth-order valence-corrected chi connectivity index (χ4v) is 3.65. The summed E-state index contributed by atoms with van der Waals surface area (Å²) in [6, 6.07) is 10.7. The van der Waals surface area contributed by atoms with E-state index in [-0.39, 0.29) is 0 Å². The van der Waals surface area contributed by atoms with E-state index in [1.807, 2.05) is 0 Å². The van der Waals surface area contributed by atoms with Crippen LogP contribution in [-0.2, 0) is 19.6 Å². The van der Waals surface area contributed by atoms with Crippen LogP contribution >= 0.6 is 0 Å². The number of rotatable bonds is 7. The number of aryl methyl sites for hydroxylation is 2. The molecular weight excluding hydrogens is 296 g/mol. The van der Waals surface area contributed by atoms with Crippen LogP contribution in [0.25, 0.3) is 0 Å². The molecule has 1 heterocycles. The van der Waals surface area contributed by atoms with E-state index in [9.17, 15) is 0 Å². The molecule has 0 spiro atoms. The average molecular weight is 326 g/mol. The van der Waals surface area contributed by atoms with Crippen molar-refractivity contribution in [3.8, 4) is 5.88 Å². The average Bonchev–Trinajstić information content (AvgIpc) is 2.96. The largest absolute Gasteiger partial charge is 0.473 e. The van der Waals surface area contributed by atoms with E-state index in [4.69, 9.17) is 9.84 Å². The first-order valence-electron chi connectivity index (χ1n) is 9.49. The van der Waals surface area contributed by atoms with Crippen molar-refractivity contribution in [1.82, 2.24) is 9.78 Å². The molecule has 1 aromatic heterocycles. The highest BCUT2D eigenvalue weighted by Gasteiger charge is 2.17. The lowest BCUT2D eigenvalue weighted by Crippen LogP contribution is -2.16. The van der Waals surface area contributed by atoms with Crippen molar-refractivity contribution in [3.63, 3.8) is 0 Å². The van der Waals surface area contributed by atoms with Gasteiger partial charge in [-0.1, -0.05) is 62.4 Å². The molecule has 1 aliphatic carbocycles. The Hall–Kier alpha value is -1.77. The van der Waals surface area contributed by atoms with Crippen molar-refractivity contribution < 1.29 is 4.74 Å². The van der Waals surface area contributed by atoms with Crippen LogP contribution in [0.1, 0.15) is 62.3 Å². The highest BCUT2D eigenvalue weighted by atomic mass is 16.5. The molecule has 1 fully saturated rings. The second-order valence-corrected chi connectivity index (χ2v) is 7.19. The Balaban J connectivity index is 1.69. The number of ether oxygens (including phenoxy) is 1. The summed E-state index contributed by atoms with van der Waals surface area (Å²) in [5, 5.41) is 4.82. The van der Waals surface area contributed by atoms with E-state index in [1.54, 1.807) is 0 Å². The first-order chi connectivity index (χ1) is 11.7. The van der Waals surface area contributed by atoms with Crippen molar-refractivity contribution in [2.45, 2.75) is 71.9 Å². The molecule has 3 rings (SSSR count). The topological polar surface area (TPSA) is 27.1 Å². The summed E-state index contributed by atoms with van der Waals surface area (Å²) < 4.78 is 8.27. The molecule has 0 saturated heterocycles. The van der Waals surface area contributed by atoms with Crippen molar-refractivity contribution in [2.24, 2.45) is 5.92 Å². The van der Waals surface area contributed by atoms with E-state index >= 15 is 0 Å². The lowest BCUT2D eigenvalue weighted by molar-refractivity contribution is 0.245. The summed E-state index contributed by atoms with van der Waals surface area (Å²) in [6.07, 6.45) is 8.95. The number of hydrogen-bond donors (Lipinski definition) is 0. The van der Waals surface area contributed by atoms with Gasteiger partial charge in [0.25, 0.3) is 0 Å². The summed E-state index contributed by atoms with van der Waals surface area (Å²) in [6.45, 7) is 5.94. The highest BCUT2D eigenvalue weighted by molar-refractivity contribution is 5.23. The lowest BCUT2D eigenvalue weighted by Gasteiger charge is -2.22. The van der Waals surface area contributed by atoms with Crippen LogP contribution in [0.2, 0.25) is 0 Å². The monoisotopic (exact) mass is 326 g/mol. The van der Waals surface area contributed by atoms with E-state index < -0.39 is 0 Å². The Kier molecular flexibility index (Phi) is 5.95. The molecule has 1 aromatic carbocycles. The third kappa shape index (κ3) is 4.62. The number of hydrogen-bond acceptors (Lipinski definition) is 2. The van der Waals surface area contributed by atoms with Crippen LogP contribution in [0, 0.1) is 12.8 Å². The van der Waals surface area contributed by atoms with E-state index in [1.165, 1.54) is 43.2 Å². The van der Waals surface area contributed by atoms with Gasteiger partial charge in [-0.25, -0.2) is 4.68 Å². The van der Waals surface area contributed by atoms with Gasteiger partial charge >= 0.3 is 0 Å². The van der Waals surface area contributed by atoms with E-state index in [0.29, 0.717) is 6.61 Å². The maximum absolute atomic E-state index is 6.15. The molecule has 0 N–H and O–H groups in total. The van der Waals surface area contributed by atoms with Gasteiger partial charge < -0.3 is 4.74 Å². The summed E-state index contributed by atoms with van der Waals surface area (Å²) >= 11 is 0. The third-order valence-electron chi connectivity index (χ3n) is 4.92. The number of benzene rings is 1. The third-order valence-corrected chi connectivity index (χ3v) is 4.92. The smallest absolute Gasteiger partial charge is 0.212 e. The molecule has 24 heavy (non-hydrogen) atoms. The van der Waals surface area contributed by atoms with Crippen molar-refractivity contribution in [2.75, 3.05) is 0 Å². The molecule has 0 amide bonds. The maximum atomic E-state index is 6.15. The SMILES string of the molecule is CCCc1cc(OCc2cccc(C)c2)n(CC2CCCCC2)n1. The summed E-state index contributed by atoms with van der Waals surface area (Å²) in [5.41, 5.74) is 3.66. The van der Waals surface area contributed by atoms with Gasteiger partial charge in [0.15, 0.2) is 0 Å². The number of aromatic nitrogens is 2. The fourth-order valence-electron chi connectivity index (χ4n) is 3.65. The Bertz CT molecular complexity index is 641. The van der Waals surface area contributed by atoms with Crippen LogP contribution in [-0.4, -0.2) is 9.78 Å². The minimum atomic E-state index is 0.615. The molecule has 2 aromatic rings. The minimum Gasteiger partial charge on any atom is -0.473 e. The molecular formula is C21H30N2O. The van der Waals surface area contributed by atoms with Crippen LogP contribution in [0.4, 0.5) is 0 Å².